The molecule has 0 fully saturated rings. The van der Waals surface area contributed by atoms with Crippen LogP contribution in [0, 0.1) is 0 Å². The Morgan fingerprint density at radius 3 is 3.05 bits per heavy atom. The van der Waals surface area contributed by atoms with Crippen LogP contribution in [0.2, 0.25) is 0 Å². The highest BCUT2D eigenvalue weighted by molar-refractivity contribution is 5.02. The smallest absolute Gasteiger partial charge is 0.243 e. The highest BCUT2D eigenvalue weighted by Crippen LogP contribution is 2.12. The molecule has 0 amide bonds. The molecule has 2 rings (SSSR count). The molecule has 0 aliphatic heterocycles. The number of nitrogens with two attached hydrogens (primary N) is 1. The Labute approximate surface area is 116 Å². The van der Waals surface area contributed by atoms with Gasteiger partial charge in [0.2, 0.25) is 5.89 Å². The number of ether oxygens (including phenoxy) is 2. The summed E-state index contributed by atoms with van der Waals surface area (Å²) in [5, 5.41) is 3.88. The van der Waals surface area contributed by atoms with Gasteiger partial charge >= 0.3 is 0 Å². The number of aromatic nitrogens is 4. The lowest BCUT2D eigenvalue weighted by atomic mass is 10.2. The number of imidazole rings is 1. The molecule has 2 heterocycles. The van der Waals surface area contributed by atoms with Crippen LogP contribution < -0.4 is 5.73 Å². The van der Waals surface area contributed by atoms with Gasteiger partial charge in [0.05, 0.1) is 32.2 Å². The van der Waals surface area contributed by atoms with E-state index in [1.807, 2.05) is 0 Å². The molecule has 0 saturated heterocycles. The lowest BCUT2D eigenvalue weighted by Crippen LogP contribution is -2.14. The zero-order valence-corrected chi connectivity index (χ0v) is 11.4. The van der Waals surface area contributed by atoms with Gasteiger partial charge in [-0.3, -0.25) is 0 Å². The minimum absolute atomic E-state index is 0.342. The lowest BCUT2D eigenvalue weighted by molar-refractivity contribution is 0.0714. The molecule has 8 heteroatoms. The van der Waals surface area contributed by atoms with E-state index < -0.39 is 0 Å². The number of nitrogens with one attached hydrogen (secondary N) is 1. The van der Waals surface area contributed by atoms with Gasteiger partial charge in [-0.25, -0.2) is 4.98 Å². The van der Waals surface area contributed by atoms with Gasteiger partial charge < -0.3 is 24.7 Å². The summed E-state index contributed by atoms with van der Waals surface area (Å²) in [5.41, 5.74) is 6.93. The predicted octanol–water partition coefficient (Wildman–Crippen LogP) is 0.241. The van der Waals surface area contributed by atoms with Crippen LogP contribution in [-0.2, 0) is 22.3 Å². The van der Waals surface area contributed by atoms with Crippen molar-refractivity contribution < 1.29 is 14.0 Å². The highest BCUT2D eigenvalue weighted by atomic mass is 16.5. The highest BCUT2D eigenvalue weighted by Gasteiger charge is 2.15. The molecular formula is C12H19N5O3. The molecule has 0 aliphatic rings. The second-order valence-electron chi connectivity index (χ2n) is 4.29. The third-order valence-corrected chi connectivity index (χ3v) is 2.70. The fourth-order valence-electron chi connectivity index (χ4n) is 1.65. The first-order valence-corrected chi connectivity index (χ1v) is 6.41. The first kappa shape index (κ1) is 14.6. The third kappa shape index (κ3) is 4.41. The number of aromatic amines is 1. The molecule has 20 heavy (non-hydrogen) atoms. The van der Waals surface area contributed by atoms with E-state index in [4.69, 9.17) is 19.7 Å². The minimum Gasteiger partial charge on any atom is -0.382 e. The van der Waals surface area contributed by atoms with E-state index in [0.717, 1.165) is 5.69 Å². The van der Waals surface area contributed by atoms with Crippen molar-refractivity contribution in [2.75, 3.05) is 26.9 Å². The second kappa shape index (κ2) is 7.73. The molecule has 0 bridgehead atoms. The van der Waals surface area contributed by atoms with E-state index >= 15 is 0 Å². The predicted molar refractivity (Wildman–Crippen MR) is 69.9 cm³/mol. The van der Waals surface area contributed by atoms with Crippen molar-refractivity contribution in [2.24, 2.45) is 5.73 Å². The molecule has 2 aromatic rings. The van der Waals surface area contributed by atoms with Crippen molar-refractivity contribution in [3.05, 3.63) is 29.9 Å². The largest absolute Gasteiger partial charge is 0.382 e. The number of rotatable bonds is 9. The zero-order valence-electron chi connectivity index (χ0n) is 11.4. The maximum atomic E-state index is 6.00. The van der Waals surface area contributed by atoms with E-state index in [2.05, 4.69) is 20.1 Å². The first-order chi connectivity index (χ1) is 9.79. The van der Waals surface area contributed by atoms with Crippen molar-refractivity contribution in [2.45, 2.75) is 18.9 Å². The van der Waals surface area contributed by atoms with E-state index in [1.165, 1.54) is 0 Å². The molecular weight excluding hydrogens is 262 g/mol. The van der Waals surface area contributed by atoms with Crippen LogP contribution in [0.1, 0.15) is 23.5 Å². The topological polar surface area (TPSA) is 112 Å². The van der Waals surface area contributed by atoms with E-state index in [0.29, 0.717) is 44.4 Å². The Bertz CT molecular complexity index is 485. The van der Waals surface area contributed by atoms with Gasteiger partial charge in [-0.15, -0.1) is 0 Å². The van der Waals surface area contributed by atoms with Gasteiger partial charge in [-0.2, -0.15) is 4.98 Å². The van der Waals surface area contributed by atoms with Crippen LogP contribution >= 0.6 is 0 Å². The average molecular weight is 281 g/mol. The molecule has 0 unspecified atom stereocenters. The van der Waals surface area contributed by atoms with E-state index in [-0.39, 0.29) is 6.04 Å². The number of H-pyrrole nitrogens is 1. The van der Waals surface area contributed by atoms with Crippen LogP contribution in [0.5, 0.6) is 0 Å². The molecule has 0 aromatic carbocycles. The molecule has 0 spiro atoms. The Kier molecular flexibility index (Phi) is 5.66. The molecule has 1 atom stereocenters. The molecule has 3 N–H and O–H groups in total. The number of nitrogens with zero attached hydrogens (tertiary/aromatic N) is 3. The van der Waals surface area contributed by atoms with Crippen molar-refractivity contribution in [3.8, 4) is 0 Å². The molecule has 2 aromatic heterocycles. The summed E-state index contributed by atoms with van der Waals surface area (Å²) in [6.07, 6.45) is 4.50. The van der Waals surface area contributed by atoms with Crippen molar-refractivity contribution >= 4 is 0 Å². The summed E-state index contributed by atoms with van der Waals surface area (Å²) in [7, 11) is 1.63. The Hall–Kier alpha value is -1.77. The second-order valence-corrected chi connectivity index (χ2v) is 4.29. The third-order valence-electron chi connectivity index (χ3n) is 2.70. The summed E-state index contributed by atoms with van der Waals surface area (Å²) in [6.45, 7) is 1.66. The summed E-state index contributed by atoms with van der Waals surface area (Å²) < 4.78 is 15.4. The van der Waals surface area contributed by atoms with Crippen LogP contribution in [0.25, 0.3) is 0 Å². The number of hydrogen-bond donors (Lipinski definition) is 2. The minimum atomic E-state index is -0.342. The molecule has 0 saturated carbocycles. The van der Waals surface area contributed by atoms with Crippen LogP contribution in [0.4, 0.5) is 0 Å². The summed E-state index contributed by atoms with van der Waals surface area (Å²) >= 11 is 0. The van der Waals surface area contributed by atoms with Crippen LogP contribution in [0.15, 0.2) is 17.0 Å². The normalized spacial score (nSPS) is 12.7. The standard InChI is InChI=1S/C12H19N5O3/c1-18-4-5-19-3-2-11-16-12(20-17-11)10(13)6-9-7-14-8-15-9/h7-8,10H,2-6,13H2,1H3,(H,14,15)/t10-/m0/s1. The van der Waals surface area contributed by atoms with Gasteiger partial charge in [0.1, 0.15) is 0 Å². The van der Waals surface area contributed by atoms with Gasteiger partial charge in [-0.1, -0.05) is 5.16 Å². The zero-order chi connectivity index (χ0) is 14.2. The van der Waals surface area contributed by atoms with Crippen molar-refractivity contribution in [1.29, 1.82) is 0 Å². The first-order valence-electron chi connectivity index (χ1n) is 6.41. The lowest BCUT2D eigenvalue weighted by Gasteiger charge is -2.03. The summed E-state index contributed by atoms with van der Waals surface area (Å²) in [5.74, 6) is 1.02. The van der Waals surface area contributed by atoms with Crippen LogP contribution in [-0.4, -0.2) is 47.0 Å². The van der Waals surface area contributed by atoms with Gasteiger partial charge in [0, 0.05) is 31.8 Å². The number of hydrogen-bond acceptors (Lipinski definition) is 7. The van der Waals surface area contributed by atoms with E-state index in [9.17, 15) is 0 Å². The SMILES string of the molecule is COCCOCCc1noc([C@@H](N)Cc2cnc[nH]2)n1. The van der Waals surface area contributed by atoms with E-state index in [1.54, 1.807) is 19.6 Å². The quantitative estimate of drug-likeness (QED) is 0.633. The molecule has 110 valence electrons. The van der Waals surface area contributed by atoms with Crippen molar-refractivity contribution in [1.82, 2.24) is 20.1 Å². The Balaban J connectivity index is 1.76. The Morgan fingerprint density at radius 2 is 2.30 bits per heavy atom. The summed E-state index contributed by atoms with van der Waals surface area (Å²) in [6, 6.07) is -0.342. The van der Waals surface area contributed by atoms with Crippen LogP contribution in [0.3, 0.4) is 0 Å². The average Bonchev–Trinajstić information content (AvgIpc) is 3.09. The maximum absolute atomic E-state index is 6.00. The molecule has 8 nitrogen and oxygen atoms in total. The fraction of sp³-hybridized carbons (Fsp3) is 0.583. The Morgan fingerprint density at radius 1 is 1.40 bits per heavy atom. The van der Waals surface area contributed by atoms with Gasteiger partial charge in [0.15, 0.2) is 5.82 Å². The maximum Gasteiger partial charge on any atom is 0.243 e. The van der Waals surface area contributed by atoms with Gasteiger partial charge in [-0.05, 0) is 0 Å². The molecule has 0 radical (unpaired) electrons. The number of methoxy groups -OCH3 is 1. The summed E-state index contributed by atoms with van der Waals surface area (Å²) in [4.78, 5) is 11.2. The fourth-order valence-corrected chi connectivity index (χ4v) is 1.65. The monoisotopic (exact) mass is 281 g/mol. The molecule has 0 aliphatic carbocycles. The van der Waals surface area contributed by atoms with Crippen molar-refractivity contribution in [3.63, 3.8) is 0 Å². The van der Waals surface area contributed by atoms with Gasteiger partial charge in [0.25, 0.3) is 0 Å².